The highest BCUT2D eigenvalue weighted by Gasteiger charge is 2.11. The zero-order valence-electron chi connectivity index (χ0n) is 13.2. The minimum absolute atomic E-state index is 0.0365. The van der Waals surface area contributed by atoms with Crippen molar-refractivity contribution in [3.63, 3.8) is 0 Å². The molecule has 0 unspecified atom stereocenters. The van der Waals surface area contributed by atoms with E-state index < -0.39 is 0 Å². The van der Waals surface area contributed by atoms with Crippen LogP contribution in [0, 0.1) is 0 Å². The third kappa shape index (κ3) is 5.39. The van der Waals surface area contributed by atoms with E-state index in [0.29, 0.717) is 30.3 Å². The van der Waals surface area contributed by atoms with Gasteiger partial charge in [-0.05, 0) is 30.8 Å². The molecule has 0 aliphatic heterocycles. The van der Waals surface area contributed by atoms with Crippen molar-refractivity contribution in [2.24, 2.45) is 0 Å². The molecule has 2 N–H and O–H groups in total. The Hall–Kier alpha value is -2.37. The fourth-order valence-electron chi connectivity index (χ4n) is 2.16. The molecule has 1 amide bonds. The van der Waals surface area contributed by atoms with Crippen LogP contribution in [0.3, 0.4) is 0 Å². The zero-order valence-corrected chi connectivity index (χ0v) is 13.2. The van der Waals surface area contributed by atoms with Crippen LogP contribution in [-0.4, -0.2) is 42.2 Å². The Kier molecular flexibility index (Phi) is 6.59. The maximum atomic E-state index is 12.2. The highest BCUT2D eigenvalue weighted by Crippen LogP contribution is 2.28. The lowest BCUT2D eigenvalue weighted by Gasteiger charge is -2.19. The van der Waals surface area contributed by atoms with Crippen LogP contribution in [0.5, 0.6) is 11.5 Å². The average molecular weight is 314 g/mol. The van der Waals surface area contributed by atoms with E-state index in [1.165, 1.54) is 0 Å². The Balaban J connectivity index is 2.04. The molecule has 0 spiro atoms. The van der Waals surface area contributed by atoms with Crippen LogP contribution in [-0.2, 0) is 4.79 Å². The van der Waals surface area contributed by atoms with Gasteiger partial charge in [0.1, 0.15) is 5.75 Å². The van der Waals surface area contributed by atoms with Crippen LogP contribution < -0.4 is 10.1 Å². The molecule has 0 heterocycles. The van der Waals surface area contributed by atoms with Crippen molar-refractivity contribution in [2.75, 3.05) is 31.6 Å². The largest absolute Gasteiger partial charge is 0.455 e. The highest BCUT2D eigenvalue weighted by molar-refractivity contribution is 5.93. The number of anilines is 1. The second kappa shape index (κ2) is 8.92. The number of aliphatic hydroxyl groups excluding tert-OH is 1. The number of hydrogen-bond acceptors (Lipinski definition) is 4. The number of ether oxygens (including phenoxy) is 1. The molecule has 0 aliphatic rings. The first-order chi connectivity index (χ1) is 11.2. The quantitative estimate of drug-likeness (QED) is 0.786. The molecule has 5 nitrogen and oxygen atoms in total. The van der Waals surface area contributed by atoms with E-state index in [2.05, 4.69) is 5.32 Å². The van der Waals surface area contributed by atoms with Gasteiger partial charge in [-0.25, -0.2) is 0 Å². The lowest BCUT2D eigenvalue weighted by Crippen LogP contribution is -2.35. The summed E-state index contributed by atoms with van der Waals surface area (Å²) in [7, 11) is 0. The lowest BCUT2D eigenvalue weighted by molar-refractivity contribution is -0.117. The Morgan fingerprint density at radius 1 is 1.13 bits per heavy atom. The van der Waals surface area contributed by atoms with Crippen LogP contribution in [0.25, 0.3) is 0 Å². The summed E-state index contributed by atoms with van der Waals surface area (Å²) in [5.41, 5.74) is 0.626. The fraction of sp³-hybridized carbons (Fsp3) is 0.278. The van der Waals surface area contributed by atoms with Gasteiger partial charge in [0.25, 0.3) is 0 Å². The smallest absolute Gasteiger partial charge is 0.238 e. The molecule has 2 rings (SSSR count). The van der Waals surface area contributed by atoms with Crippen LogP contribution in [0.1, 0.15) is 6.92 Å². The van der Waals surface area contributed by atoms with Gasteiger partial charge in [-0.15, -0.1) is 0 Å². The van der Waals surface area contributed by atoms with Crippen molar-refractivity contribution in [1.82, 2.24) is 4.90 Å². The van der Waals surface area contributed by atoms with Crippen molar-refractivity contribution >= 4 is 11.6 Å². The van der Waals surface area contributed by atoms with Crippen molar-refractivity contribution < 1.29 is 14.6 Å². The van der Waals surface area contributed by atoms with E-state index in [9.17, 15) is 4.79 Å². The summed E-state index contributed by atoms with van der Waals surface area (Å²) in [6.45, 7) is 3.41. The molecule has 0 fully saturated rings. The first-order valence-electron chi connectivity index (χ1n) is 7.68. The van der Waals surface area contributed by atoms with E-state index in [-0.39, 0.29) is 19.1 Å². The maximum absolute atomic E-state index is 12.2. The Morgan fingerprint density at radius 3 is 2.52 bits per heavy atom. The second-order valence-corrected chi connectivity index (χ2v) is 5.05. The topological polar surface area (TPSA) is 61.8 Å². The maximum Gasteiger partial charge on any atom is 0.238 e. The second-order valence-electron chi connectivity index (χ2n) is 5.05. The normalized spacial score (nSPS) is 10.6. The van der Waals surface area contributed by atoms with Crippen molar-refractivity contribution in [3.8, 4) is 11.5 Å². The Labute approximate surface area is 136 Å². The average Bonchev–Trinajstić information content (AvgIpc) is 2.57. The molecular formula is C18H22N2O3. The third-order valence-corrected chi connectivity index (χ3v) is 3.36. The van der Waals surface area contributed by atoms with Crippen molar-refractivity contribution in [2.45, 2.75) is 6.92 Å². The molecule has 0 aromatic heterocycles. The minimum atomic E-state index is -0.135. The summed E-state index contributed by atoms with van der Waals surface area (Å²) in [5.74, 6) is 1.17. The summed E-state index contributed by atoms with van der Waals surface area (Å²) in [6, 6.07) is 16.7. The molecule has 0 bridgehead atoms. The number of carbonyl (C=O) groups is 1. The molecule has 0 aliphatic carbocycles. The predicted molar refractivity (Wildman–Crippen MR) is 90.8 cm³/mol. The van der Waals surface area contributed by atoms with Gasteiger partial charge in [-0.1, -0.05) is 37.3 Å². The van der Waals surface area contributed by atoms with Crippen molar-refractivity contribution in [3.05, 3.63) is 54.6 Å². The van der Waals surface area contributed by atoms with Crippen LogP contribution in [0.15, 0.2) is 54.6 Å². The Morgan fingerprint density at radius 2 is 1.83 bits per heavy atom. The molecule has 0 radical (unpaired) electrons. The first-order valence-corrected chi connectivity index (χ1v) is 7.68. The van der Waals surface area contributed by atoms with E-state index >= 15 is 0 Å². The summed E-state index contributed by atoms with van der Waals surface area (Å²) in [5, 5.41) is 11.9. The number of likely N-dealkylation sites (N-methyl/N-ethyl adjacent to an activating group) is 1. The predicted octanol–water partition coefficient (Wildman–Crippen LogP) is 2.73. The van der Waals surface area contributed by atoms with Gasteiger partial charge in [0.15, 0.2) is 5.75 Å². The van der Waals surface area contributed by atoms with E-state index in [1.807, 2.05) is 60.4 Å². The van der Waals surface area contributed by atoms with E-state index in [4.69, 9.17) is 9.84 Å². The molecule has 5 heteroatoms. The monoisotopic (exact) mass is 314 g/mol. The molecule has 0 saturated carbocycles. The lowest BCUT2D eigenvalue weighted by atomic mass is 10.2. The molecule has 0 saturated heterocycles. The van der Waals surface area contributed by atoms with Gasteiger partial charge >= 0.3 is 0 Å². The van der Waals surface area contributed by atoms with Gasteiger partial charge in [0, 0.05) is 6.54 Å². The van der Waals surface area contributed by atoms with Gasteiger partial charge < -0.3 is 15.2 Å². The number of hydrogen-bond donors (Lipinski definition) is 2. The molecule has 0 atom stereocenters. The van der Waals surface area contributed by atoms with Gasteiger partial charge in [0.2, 0.25) is 5.91 Å². The number of rotatable bonds is 8. The molecule has 2 aromatic rings. The molecular weight excluding hydrogens is 292 g/mol. The van der Waals surface area contributed by atoms with Gasteiger partial charge in [-0.3, -0.25) is 9.69 Å². The summed E-state index contributed by atoms with van der Waals surface area (Å²) in [4.78, 5) is 14.0. The van der Waals surface area contributed by atoms with Crippen LogP contribution >= 0.6 is 0 Å². The van der Waals surface area contributed by atoms with Crippen LogP contribution in [0.2, 0.25) is 0 Å². The number of aliphatic hydroxyl groups is 1. The Bertz CT molecular complexity index is 617. The molecule has 122 valence electrons. The SMILES string of the molecule is CCN(CCO)CC(=O)Nc1ccccc1Oc1ccccc1. The number of para-hydroxylation sites is 3. The van der Waals surface area contributed by atoms with E-state index in [1.54, 1.807) is 6.07 Å². The summed E-state index contributed by atoms with van der Waals surface area (Å²) >= 11 is 0. The number of carbonyl (C=O) groups excluding carboxylic acids is 1. The van der Waals surface area contributed by atoms with Crippen LogP contribution in [0.4, 0.5) is 5.69 Å². The van der Waals surface area contributed by atoms with Crippen molar-refractivity contribution in [1.29, 1.82) is 0 Å². The van der Waals surface area contributed by atoms with E-state index in [0.717, 1.165) is 0 Å². The fourth-order valence-corrected chi connectivity index (χ4v) is 2.16. The highest BCUT2D eigenvalue weighted by atomic mass is 16.5. The minimum Gasteiger partial charge on any atom is -0.455 e. The molecule has 23 heavy (non-hydrogen) atoms. The molecule has 2 aromatic carbocycles. The number of nitrogens with zero attached hydrogens (tertiary/aromatic N) is 1. The van der Waals surface area contributed by atoms with Gasteiger partial charge in [-0.2, -0.15) is 0 Å². The summed E-state index contributed by atoms with van der Waals surface area (Å²) in [6.07, 6.45) is 0. The zero-order chi connectivity index (χ0) is 16.5. The first kappa shape index (κ1) is 17.0. The number of benzene rings is 2. The van der Waals surface area contributed by atoms with Gasteiger partial charge in [0.05, 0.1) is 18.8 Å². The summed E-state index contributed by atoms with van der Waals surface area (Å²) < 4.78 is 5.82. The number of amides is 1. The standard InChI is InChI=1S/C18H22N2O3/c1-2-20(12-13-21)14-18(22)19-16-10-6-7-11-17(16)23-15-8-4-3-5-9-15/h3-11,21H,2,12-14H2,1H3,(H,19,22). The number of nitrogens with one attached hydrogen (secondary N) is 1. The third-order valence-electron chi connectivity index (χ3n) is 3.36.